The van der Waals surface area contributed by atoms with E-state index >= 15 is 0 Å². The van der Waals surface area contributed by atoms with Gasteiger partial charge in [-0.1, -0.05) is 0 Å². The van der Waals surface area contributed by atoms with Crippen LogP contribution in [0.5, 0.6) is 0 Å². The quantitative estimate of drug-likeness (QED) is 0.660. The Labute approximate surface area is 73.5 Å². The third-order valence-corrected chi connectivity index (χ3v) is 1.95. The summed E-state index contributed by atoms with van der Waals surface area (Å²) in [5.41, 5.74) is 0.724. The van der Waals surface area contributed by atoms with E-state index in [1.165, 1.54) is 11.5 Å². The van der Waals surface area contributed by atoms with E-state index in [4.69, 9.17) is 0 Å². The molecule has 0 fully saturated rings. The Balaban J connectivity index is 2.45. The Hall–Kier alpha value is -1.36. The molecule has 0 aliphatic carbocycles. The molecular weight excluding hydrogens is 172 g/mol. The van der Waals surface area contributed by atoms with Crippen LogP contribution in [0.2, 0.25) is 0 Å². The van der Waals surface area contributed by atoms with Gasteiger partial charge in [-0.25, -0.2) is 4.98 Å². The minimum atomic E-state index is 0.658. The highest BCUT2D eigenvalue weighted by molar-refractivity contribution is 7.05. The molecule has 0 N–H and O–H groups in total. The highest BCUT2D eigenvalue weighted by Crippen LogP contribution is 2.13. The molecule has 2 aromatic rings. The van der Waals surface area contributed by atoms with Gasteiger partial charge in [-0.3, -0.25) is 0 Å². The molecule has 0 radical (unpaired) electrons. The average molecular weight is 178 g/mol. The minimum Gasteiger partial charge on any atom is -0.219 e. The van der Waals surface area contributed by atoms with Gasteiger partial charge < -0.3 is 0 Å². The Morgan fingerprint density at radius 3 is 2.92 bits per heavy atom. The second-order valence-electron chi connectivity index (χ2n) is 2.25. The molecule has 0 amide bonds. The van der Waals surface area contributed by atoms with Crippen molar-refractivity contribution >= 4 is 11.5 Å². The number of rotatable bonds is 1. The molecule has 0 aliphatic rings. The van der Waals surface area contributed by atoms with E-state index in [9.17, 15) is 0 Å². The third kappa shape index (κ3) is 1.31. The van der Waals surface area contributed by atoms with Gasteiger partial charge in [0.25, 0.3) is 0 Å². The lowest BCUT2D eigenvalue weighted by molar-refractivity contribution is 1.02. The Kier molecular flexibility index (Phi) is 1.79. The predicted molar refractivity (Wildman–Crippen MR) is 45.7 cm³/mol. The van der Waals surface area contributed by atoms with Crippen molar-refractivity contribution in [2.24, 2.45) is 0 Å². The minimum absolute atomic E-state index is 0.658. The SMILES string of the molecule is Cc1nc(-c2cccnn2)ns1. The van der Waals surface area contributed by atoms with Crippen molar-refractivity contribution in [2.75, 3.05) is 0 Å². The summed E-state index contributed by atoms with van der Waals surface area (Å²) in [6, 6.07) is 3.66. The van der Waals surface area contributed by atoms with Gasteiger partial charge >= 0.3 is 0 Å². The fraction of sp³-hybridized carbons (Fsp3) is 0.143. The first-order valence-corrected chi connectivity index (χ1v) is 4.22. The summed E-state index contributed by atoms with van der Waals surface area (Å²) in [7, 11) is 0. The lowest BCUT2D eigenvalue weighted by atomic mass is 10.4. The van der Waals surface area contributed by atoms with E-state index in [1.54, 1.807) is 6.20 Å². The van der Waals surface area contributed by atoms with Crippen LogP contribution in [0.15, 0.2) is 18.3 Å². The molecule has 0 saturated heterocycles. The van der Waals surface area contributed by atoms with E-state index in [0.29, 0.717) is 5.82 Å². The molecule has 4 nitrogen and oxygen atoms in total. The standard InChI is InChI=1S/C7H6N4S/c1-5-9-7(11-12-5)6-3-2-4-8-10-6/h2-4H,1H3. The van der Waals surface area contributed by atoms with Crippen molar-refractivity contribution in [1.82, 2.24) is 19.6 Å². The zero-order valence-corrected chi connectivity index (χ0v) is 7.25. The second kappa shape index (κ2) is 2.94. The van der Waals surface area contributed by atoms with Crippen molar-refractivity contribution in [3.8, 4) is 11.5 Å². The highest BCUT2D eigenvalue weighted by Gasteiger charge is 2.03. The predicted octanol–water partition coefficient (Wildman–Crippen LogP) is 1.30. The van der Waals surface area contributed by atoms with Crippen LogP contribution in [0.4, 0.5) is 0 Å². The maximum absolute atomic E-state index is 4.19. The zero-order chi connectivity index (χ0) is 8.39. The van der Waals surface area contributed by atoms with Crippen LogP contribution in [-0.2, 0) is 0 Å². The van der Waals surface area contributed by atoms with E-state index in [0.717, 1.165) is 10.7 Å². The first-order valence-electron chi connectivity index (χ1n) is 3.44. The van der Waals surface area contributed by atoms with E-state index in [-0.39, 0.29) is 0 Å². The normalized spacial score (nSPS) is 10.1. The highest BCUT2D eigenvalue weighted by atomic mass is 32.1. The van der Waals surface area contributed by atoms with E-state index < -0.39 is 0 Å². The monoisotopic (exact) mass is 178 g/mol. The van der Waals surface area contributed by atoms with Crippen molar-refractivity contribution in [3.05, 3.63) is 23.3 Å². The molecule has 2 rings (SSSR count). The number of aryl methyl sites for hydroxylation is 1. The number of hydrogen-bond acceptors (Lipinski definition) is 5. The summed E-state index contributed by atoms with van der Waals surface area (Å²) in [6.45, 7) is 1.91. The van der Waals surface area contributed by atoms with Crippen LogP contribution in [0.3, 0.4) is 0 Å². The van der Waals surface area contributed by atoms with Crippen LogP contribution in [0, 0.1) is 6.92 Å². The summed E-state index contributed by atoms with van der Waals surface area (Å²) in [4.78, 5) is 4.19. The molecule has 12 heavy (non-hydrogen) atoms. The summed E-state index contributed by atoms with van der Waals surface area (Å²) >= 11 is 1.37. The van der Waals surface area contributed by atoms with Crippen molar-refractivity contribution in [2.45, 2.75) is 6.92 Å². The first-order chi connectivity index (χ1) is 5.86. The number of hydrogen-bond donors (Lipinski definition) is 0. The lowest BCUT2D eigenvalue weighted by Gasteiger charge is -1.88. The molecule has 0 spiro atoms. The van der Waals surface area contributed by atoms with Crippen LogP contribution < -0.4 is 0 Å². The van der Waals surface area contributed by atoms with Crippen molar-refractivity contribution in [1.29, 1.82) is 0 Å². The maximum Gasteiger partial charge on any atom is 0.193 e. The molecule has 0 atom stereocenters. The van der Waals surface area contributed by atoms with E-state index in [2.05, 4.69) is 19.6 Å². The topological polar surface area (TPSA) is 51.6 Å². The summed E-state index contributed by atoms with van der Waals surface area (Å²) < 4.78 is 4.11. The molecule has 2 aromatic heterocycles. The summed E-state index contributed by atoms with van der Waals surface area (Å²) in [6.07, 6.45) is 1.63. The fourth-order valence-electron chi connectivity index (χ4n) is 0.824. The second-order valence-corrected chi connectivity index (χ2v) is 3.20. The van der Waals surface area contributed by atoms with Gasteiger partial charge in [0.1, 0.15) is 10.7 Å². The zero-order valence-electron chi connectivity index (χ0n) is 6.43. The summed E-state index contributed by atoms with van der Waals surface area (Å²) in [5.74, 6) is 0.658. The number of aromatic nitrogens is 4. The van der Waals surface area contributed by atoms with Crippen molar-refractivity contribution in [3.63, 3.8) is 0 Å². The molecule has 60 valence electrons. The van der Waals surface area contributed by atoms with Gasteiger partial charge in [0.15, 0.2) is 5.82 Å². The Morgan fingerprint density at radius 1 is 1.42 bits per heavy atom. The lowest BCUT2D eigenvalue weighted by Crippen LogP contribution is -1.86. The molecule has 0 unspecified atom stereocenters. The Morgan fingerprint density at radius 2 is 2.33 bits per heavy atom. The fourth-order valence-corrected chi connectivity index (χ4v) is 1.30. The van der Waals surface area contributed by atoms with Gasteiger partial charge in [0.05, 0.1) is 0 Å². The largest absolute Gasteiger partial charge is 0.219 e. The number of nitrogens with zero attached hydrogens (tertiary/aromatic N) is 4. The van der Waals surface area contributed by atoms with Gasteiger partial charge in [-0.2, -0.15) is 9.47 Å². The molecular formula is C7H6N4S. The molecule has 0 bridgehead atoms. The Bertz CT molecular complexity index is 370. The van der Waals surface area contributed by atoms with Crippen LogP contribution in [0.25, 0.3) is 11.5 Å². The third-order valence-electron chi connectivity index (χ3n) is 1.33. The molecule has 0 saturated carbocycles. The van der Waals surface area contributed by atoms with Gasteiger partial charge in [-0.05, 0) is 30.6 Å². The smallest absolute Gasteiger partial charge is 0.193 e. The van der Waals surface area contributed by atoms with Crippen LogP contribution in [0.1, 0.15) is 5.01 Å². The van der Waals surface area contributed by atoms with Gasteiger partial charge in [0.2, 0.25) is 0 Å². The van der Waals surface area contributed by atoms with Crippen LogP contribution in [-0.4, -0.2) is 19.6 Å². The summed E-state index contributed by atoms with van der Waals surface area (Å²) in [5, 5.41) is 8.58. The molecule has 0 aromatic carbocycles. The molecule has 2 heterocycles. The maximum atomic E-state index is 4.19. The van der Waals surface area contributed by atoms with E-state index in [1.807, 2.05) is 19.1 Å². The molecule has 5 heteroatoms. The van der Waals surface area contributed by atoms with Crippen molar-refractivity contribution < 1.29 is 0 Å². The van der Waals surface area contributed by atoms with Gasteiger partial charge in [0, 0.05) is 6.20 Å². The average Bonchev–Trinajstić information content (AvgIpc) is 2.54. The molecule has 0 aliphatic heterocycles. The van der Waals surface area contributed by atoms with Gasteiger partial charge in [-0.15, -0.1) is 5.10 Å². The van der Waals surface area contributed by atoms with Crippen LogP contribution >= 0.6 is 11.5 Å². The first kappa shape index (κ1) is 7.30.